The van der Waals surface area contributed by atoms with Crippen molar-refractivity contribution >= 4 is 11.3 Å². The molecule has 0 saturated heterocycles. The summed E-state index contributed by atoms with van der Waals surface area (Å²) in [5.74, 6) is 0. The third-order valence-electron chi connectivity index (χ3n) is 4.89. The van der Waals surface area contributed by atoms with Crippen molar-refractivity contribution in [3.05, 3.63) is 21.9 Å². The fraction of sp³-hybridized carbons (Fsp3) is 0.778. The van der Waals surface area contributed by atoms with E-state index in [2.05, 4.69) is 32.9 Å². The van der Waals surface area contributed by atoms with E-state index in [1.54, 1.807) is 4.88 Å². The lowest BCUT2D eigenvalue weighted by Crippen LogP contribution is -2.27. The quantitative estimate of drug-likeness (QED) is 0.785. The highest BCUT2D eigenvalue weighted by atomic mass is 32.1. The van der Waals surface area contributed by atoms with Gasteiger partial charge in [-0.3, -0.25) is 0 Å². The van der Waals surface area contributed by atoms with Crippen LogP contribution in [0.1, 0.15) is 75.5 Å². The van der Waals surface area contributed by atoms with Gasteiger partial charge >= 0.3 is 0 Å². The lowest BCUT2D eigenvalue weighted by molar-refractivity contribution is 0.161. The maximum absolute atomic E-state index is 5.88. The van der Waals surface area contributed by atoms with Crippen LogP contribution in [0.25, 0.3) is 0 Å². The predicted octanol–water partition coefficient (Wildman–Crippen LogP) is 5.28. The maximum atomic E-state index is 5.88. The predicted molar refractivity (Wildman–Crippen MR) is 90.5 cm³/mol. The molecule has 1 aromatic heterocycles. The molecule has 0 atom stereocenters. The average molecular weight is 294 g/mol. The Labute approximate surface area is 129 Å². The lowest BCUT2D eigenvalue weighted by atomic mass is 9.69. The Bertz CT molecular complexity index is 402. The Morgan fingerprint density at radius 1 is 1.10 bits per heavy atom. The molecule has 2 rings (SSSR count). The minimum atomic E-state index is 0.294. The molecule has 1 saturated carbocycles. The van der Waals surface area contributed by atoms with E-state index in [4.69, 9.17) is 5.73 Å². The van der Waals surface area contributed by atoms with E-state index in [-0.39, 0.29) is 0 Å². The normalized spacial score (nSPS) is 19.2. The monoisotopic (exact) mass is 293 g/mol. The first-order valence-corrected chi connectivity index (χ1v) is 9.06. The van der Waals surface area contributed by atoms with Crippen molar-refractivity contribution in [2.75, 3.05) is 6.54 Å². The van der Waals surface area contributed by atoms with Crippen molar-refractivity contribution in [2.45, 2.75) is 77.6 Å². The van der Waals surface area contributed by atoms with Crippen LogP contribution in [0.2, 0.25) is 0 Å². The molecule has 20 heavy (non-hydrogen) atoms. The number of rotatable bonds is 5. The molecule has 0 spiro atoms. The molecule has 2 N–H and O–H groups in total. The molecule has 1 aliphatic rings. The number of aryl methyl sites for hydroxylation is 1. The van der Waals surface area contributed by atoms with E-state index in [1.807, 2.05) is 11.3 Å². The van der Waals surface area contributed by atoms with Crippen molar-refractivity contribution in [1.29, 1.82) is 0 Å². The summed E-state index contributed by atoms with van der Waals surface area (Å²) in [6, 6.07) is 4.68. The van der Waals surface area contributed by atoms with E-state index in [0.717, 1.165) is 6.54 Å². The minimum Gasteiger partial charge on any atom is -0.330 e. The third kappa shape index (κ3) is 4.08. The Kier molecular flexibility index (Phi) is 5.30. The average Bonchev–Trinajstić information content (AvgIpc) is 2.87. The summed E-state index contributed by atoms with van der Waals surface area (Å²) in [6.07, 6.45) is 10.9. The van der Waals surface area contributed by atoms with Crippen molar-refractivity contribution in [3.8, 4) is 0 Å². The van der Waals surface area contributed by atoms with Crippen LogP contribution in [0.3, 0.4) is 0 Å². The van der Waals surface area contributed by atoms with Gasteiger partial charge in [-0.15, -0.1) is 11.3 Å². The topological polar surface area (TPSA) is 26.0 Å². The zero-order valence-corrected chi connectivity index (χ0v) is 14.3. The SMILES string of the molecule is CC(C)(C)c1ccc(CCC2(CCN)CCCCC2)s1. The molecule has 1 aliphatic carbocycles. The second-order valence-electron chi connectivity index (χ2n) is 7.62. The van der Waals surface area contributed by atoms with E-state index < -0.39 is 0 Å². The standard InChI is InChI=1S/C18H31NS/c1-17(2,3)16-8-7-15(20-16)9-12-18(13-14-19)10-5-4-6-11-18/h7-8H,4-6,9-14,19H2,1-3H3. The smallest absolute Gasteiger partial charge is 0.0102 e. The first-order chi connectivity index (χ1) is 9.45. The summed E-state index contributed by atoms with van der Waals surface area (Å²) < 4.78 is 0. The maximum Gasteiger partial charge on any atom is 0.0102 e. The van der Waals surface area contributed by atoms with Crippen LogP contribution in [0, 0.1) is 5.41 Å². The molecule has 114 valence electrons. The molecule has 0 aromatic carbocycles. The molecule has 0 amide bonds. The van der Waals surface area contributed by atoms with Crippen LogP contribution in [0.5, 0.6) is 0 Å². The second kappa shape index (κ2) is 6.62. The van der Waals surface area contributed by atoms with Crippen LogP contribution in [0.4, 0.5) is 0 Å². The molecule has 1 aromatic rings. The van der Waals surface area contributed by atoms with Gasteiger partial charge in [-0.05, 0) is 61.6 Å². The van der Waals surface area contributed by atoms with Crippen LogP contribution in [0.15, 0.2) is 12.1 Å². The number of nitrogens with two attached hydrogens (primary N) is 1. The van der Waals surface area contributed by atoms with Crippen molar-refractivity contribution in [3.63, 3.8) is 0 Å². The Hall–Kier alpha value is -0.340. The van der Waals surface area contributed by atoms with Crippen LogP contribution in [-0.2, 0) is 11.8 Å². The molecule has 2 heteroatoms. The van der Waals surface area contributed by atoms with Crippen LogP contribution < -0.4 is 5.73 Å². The summed E-state index contributed by atoms with van der Waals surface area (Å²) in [6.45, 7) is 7.77. The highest BCUT2D eigenvalue weighted by Gasteiger charge is 2.31. The number of thiophene rings is 1. The fourth-order valence-electron chi connectivity index (χ4n) is 3.54. The van der Waals surface area contributed by atoms with Crippen LogP contribution in [-0.4, -0.2) is 6.54 Å². The summed E-state index contributed by atoms with van der Waals surface area (Å²) in [5, 5.41) is 0. The van der Waals surface area contributed by atoms with Crippen molar-refractivity contribution in [2.24, 2.45) is 11.1 Å². The third-order valence-corrected chi connectivity index (χ3v) is 6.46. The van der Waals surface area contributed by atoms with Gasteiger partial charge in [-0.1, -0.05) is 40.0 Å². The van der Waals surface area contributed by atoms with E-state index in [1.165, 1.54) is 56.2 Å². The molecular formula is C18H31NS. The summed E-state index contributed by atoms with van der Waals surface area (Å²) in [4.78, 5) is 3.08. The largest absolute Gasteiger partial charge is 0.330 e. The van der Waals surface area contributed by atoms with Gasteiger partial charge in [0.25, 0.3) is 0 Å². The van der Waals surface area contributed by atoms with Gasteiger partial charge in [0, 0.05) is 9.75 Å². The summed E-state index contributed by atoms with van der Waals surface area (Å²) >= 11 is 2.01. The fourth-order valence-corrected chi connectivity index (χ4v) is 4.60. The number of hydrogen-bond acceptors (Lipinski definition) is 2. The Morgan fingerprint density at radius 2 is 1.80 bits per heavy atom. The van der Waals surface area contributed by atoms with Gasteiger partial charge in [0.05, 0.1) is 0 Å². The zero-order valence-electron chi connectivity index (χ0n) is 13.5. The summed E-state index contributed by atoms with van der Waals surface area (Å²) in [7, 11) is 0. The molecule has 0 radical (unpaired) electrons. The van der Waals surface area contributed by atoms with Gasteiger partial charge < -0.3 is 5.73 Å². The first-order valence-electron chi connectivity index (χ1n) is 8.24. The highest BCUT2D eigenvalue weighted by Crippen LogP contribution is 2.43. The van der Waals surface area contributed by atoms with Gasteiger partial charge in [-0.2, -0.15) is 0 Å². The van der Waals surface area contributed by atoms with Gasteiger partial charge in [0.15, 0.2) is 0 Å². The Morgan fingerprint density at radius 3 is 2.35 bits per heavy atom. The van der Waals surface area contributed by atoms with Crippen molar-refractivity contribution in [1.82, 2.24) is 0 Å². The second-order valence-corrected chi connectivity index (χ2v) is 8.78. The van der Waals surface area contributed by atoms with Gasteiger partial charge in [0.1, 0.15) is 0 Å². The molecule has 0 unspecified atom stereocenters. The minimum absolute atomic E-state index is 0.294. The Balaban J connectivity index is 1.97. The molecule has 1 nitrogen and oxygen atoms in total. The van der Waals surface area contributed by atoms with Gasteiger partial charge in [-0.25, -0.2) is 0 Å². The van der Waals surface area contributed by atoms with Crippen LogP contribution >= 0.6 is 11.3 Å². The lowest BCUT2D eigenvalue weighted by Gasteiger charge is -2.37. The molecule has 1 fully saturated rings. The van der Waals surface area contributed by atoms with Crippen molar-refractivity contribution < 1.29 is 0 Å². The zero-order chi connectivity index (χ0) is 14.6. The number of hydrogen-bond donors (Lipinski definition) is 1. The van der Waals surface area contributed by atoms with E-state index in [9.17, 15) is 0 Å². The highest BCUT2D eigenvalue weighted by molar-refractivity contribution is 7.12. The van der Waals surface area contributed by atoms with Gasteiger partial charge in [0.2, 0.25) is 0 Å². The molecular weight excluding hydrogens is 262 g/mol. The molecule has 1 heterocycles. The first kappa shape index (κ1) is 16.0. The molecule has 0 bridgehead atoms. The summed E-state index contributed by atoms with van der Waals surface area (Å²) in [5.41, 5.74) is 6.73. The van der Waals surface area contributed by atoms with E-state index >= 15 is 0 Å². The molecule has 0 aliphatic heterocycles. The van der Waals surface area contributed by atoms with E-state index in [0.29, 0.717) is 10.8 Å².